The van der Waals surface area contributed by atoms with Crippen molar-refractivity contribution in [2.24, 2.45) is 5.92 Å². The van der Waals surface area contributed by atoms with E-state index in [0.29, 0.717) is 5.02 Å². The van der Waals surface area contributed by atoms with Crippen LogP contribution in [0.4, 0.5) is 5.82 Å². The number of piperazine rings is 1. The SMILES string of the molecule is CN1CCC(CN2CCN(c3ccc(Cl)cn3)CC2)C1. The van der Waals surface area contributed by atoms with Crippen LogP contribution < -0.4 is 4.90 Å². The van der Waals surface area contributed by atoms with Crippen LogP contribution in [0.3, 0.4) is 0 Å². The summed E-state index contributed by atoms with van der Waals surface area (Å²) in [5.74, 6) is 1.91. The molecule has 3 heterocycles. The first-order valence-electron chi connectivity index (χ1n) is 7.48. The van der Waals surface area contributed by atoms with Crippen molar-refractivity contribution >= 4 is 17.4 Å². The molecule has 1 unspecified atom stereocenters. The van der Waals surface area contributed by atoms with Crippen molar-refractivity contribution in [2.45, 2.75) is 6.42 Å². The maximum atomic E-state index is 5.89. The van der Waals surface area contributed by atoms with Gasteiger partial charge in [-0.1, -0.05) is 11.6 Å². The summed E-state index contributed by atoms with van der Waals surface area (Å²) in [6.07, 6.45) is 3.09. The second-order valence-electron chi connectivity index (χ2n) is 6.04. The van der Waals surface area contributed by atoms with Gasteiger partial charge in [0.15, 0.2) is 0 Å². The van der Waals surface area contributed by atoms with E-state index < -0.39 is 0 Å². The second-order valence-corrected chi connectivity index (χ2v) is 6.48. The van der Waals surface area contributed by atoms with E-state index in [-0.39, 0.29) is 0 Å². The third kappa shape index (κ3) is 3.43. The van der Waals surface area contributed by atoms with E-state index in [4.69, 9.17) is 11.6 Å². The molecule has 0 radical (unpaired) electrons. The Morgan fingerprint density at radius 1 is 1.20 bits per heavy atom. The van der Waals surface area contributed by atoms with Gasteiger partial charge in [-0.15, -0.1) is 0 Å². The number of likely N-dealkylation sites (tertiary alicyclic amines) is 1. The Balaban J connectivity index is 1.48. The van der Waals surface area contributed by atoms with Gasteiger partial charge in [0.25, 0.3) is 0 Å². The molecule has 1 atom stereocenters. The number of halogens is 1. The standard InChI is InChI=1S/C15H23ClN4/c1-18-5-4-13(11-18)12-19-6-8-20(9-7-19)15-3-2-14(16)10-17-15/h2-3,10,13H,4-9,11-12H2,1H3. The lowest BCUT2D eigenvalue weighted by Crippen LogP contribution is -2.48. The fourth-order valence-electron chi connectivity index (χ4n) is 3.26. The van der Waals surface area contributed by atoms with Crippen molar-refractivity contribution in [3.63, 3.8) is 0 Å². The summed E-state index contributed by atoms with van der Waals surface area (Å²) >= 11 is 5.89. The van der Waals surface area contributed by atoms with Crippen molar-refractivity contribution in [1.82, 2.24) is 14.8 Å². The predicted molar refractivity (Wildman–Crippen MR) is 83.5 cm³/mol. The molecule has 1 aromatic heterocycles. The molecule has 0 bridgehead atoms. The second kappa shape index (κ2) is 6.29. The lowest BCUT2D eigenvalue weighted by Gasteiger charge is -2.36. The average molecular weight is 295 g/mol. The molecule has 110 valence electrons. The molecule has 20 heavy (non-hydrogen) atoms. The Kier molecular flexibility index (Phi) is 4.44. The van der Waals surface area contributed by atoms with Crippen molar-refractivity contribution in [1.29, 1.82) is 0 Å². The third-order valence-electron chi connectivity index (χ3n) is 4.41. The van der Waals surface area contributed by atoms with Crippen LogP contribution in [0.1, 0.15) is 6.42 Å². The lowest BCUT2D eigenvalue weighted by atomic mass is 10.1. The lowest BCUT2D eigenvalue weighted by molar-refractivity contribution is 0.218. The predicted octanol–water partition coefficient (Wildman–Crippen LogP) is 1.81. The first kappa shape index (κ1) is 14.1. The summed E-state index contributed by atoms with van der Waals surface area (Å²) in [5.41, 5.74) is 0. The maximum absolute atomic E-state index is 5.89. The van der Waals surface area contributed by atoms with E-state index in [9.17, 15) is 0 Å². The number of anilines is 1. The smallest absolute Gasteiger partial charge is 0.128 e. The molecular formula is C15H23ClN4. The molecule has 2 saturated heterocycles. The van der Waals surface area contributed by atoms with Gasteiger partial charge in [-0.25, -0.2) is 4.98 Å². The number of nitrogens with zero attached hydrogens (tertiary/aromatic N) is 4. The van der Waals surface area contributed by atoms with Crippen LogP contribution in [-0.4, -0.2) is 67.6 Å². The zero-order valence-electron chi connectivity index (χ0n) is 12.1. The van der Waals surface area contributed by atoms with E-state index in [1.807, 2.05) is 12.1 Å². The normalized spacial score (nSPS) is 25.3. The Bertz CT molecular complexity index is 428. The minimum Gasteiger partial charge on any atom is -0.354 e. The van der Waals surface area contributed by atoms with Crippen molar-refractivity contribution in [3.8, 4) is 0 Å². The van der Waals surface area contributed by atoms with Crippen LogP contribution in [0.2, 0.25) is 5.02 Å². The first-order valence-corrected chi connectivity index (χ1v) is 7.86. The van der Waals surface area contributed by atoms with Gasteiger partial charge in [0.1, 0.15) is 5.82 Å². The van der Waals surface area contributed by atoms with Gasteiger partial charge >= 0.3 is 0 Å². The highest BCUT2D eigenvalue weighted by molar-refractivity contribution is 6.30. The fourth-order valence-corrected chi connectivity index (χ4v) is 3.37. The van der Waals surface area contributed by atoms with E-state index in [0.717, 1.165) is 37.9 Å². The summed E-state index contributed by atoms with van der Waals surface area (Å²) in [5, 5.41) is 0.706. The van der Waals surface area contributed by atoms with Crippen LogP contribution in [-0.2, 0) is 0 Å². The van der Waals surface area contributed by atoms with Crippen LogP contribution in [0.25, 0.3) is 0 Å². The molecule has 0 aliphatic carbocycles. The molecule has 1 aromatic rings. The summed E-state index contributed by atoms with van der Waals surface area (Å²) in [6, 6.07) is 3.94. The molecule has 0 saturated carbocycles. The van der Waals surface area contributed by atoms with Gasteiger partial charge in [0.2, 0.25) is 0 Å². The molecule has 2 aliphatic rings. The topological polar surface area (TPSA) is 22.6 Å². The summed E-state index contributed by atoms with van der Waals surface area (Å²) in [7, 11) is 2.23. The number of hydrogen-bond donors (Lipinski definition) is 0. The Morgan fingerprint density at radius 2 is 2.00 bits per heavy atom. The minimum absolute atomic E-state index is 0.706. The largest absolute Gasteiger partial charge is 0.354 e. The zero-order chi connectivity index (χ0) is 13.9. The van der Waals surface area contributed by atoms with E-state index in [2.05, 4.69) is 26.7 Å². The zero-order valence-corrected chi connectivity index (χ0v) is 12.9. The van der Waals surface area contributed by atoms with E-state index >= 15 is 0 Å². The number of aromatic nitrogens is 1. The van der Waals surface area contributed by atoms with Crippen molar-refractivity contribution in [2.75, 3.05) is 57.8 Å². The first-order chi connectivity index (χ1) is 9.70. The summed E-state index contributed by atoms with van der Waals surface area (Å²) in [4.78, 5) is 11.8. The van der Waals surface area contributed by atoms with Gasteiger partial charge in [-0.3, -0.25) is 4.90 Å². The summed E-state index contributed by atoms with van der Waals surface area (Å²) in [6.45, 7) is 8.20. The van der Waals surface area contributed by atoms with Gasteiger partial charge in [-0.2, -0.15) is 0 Å². The average Bonchev–Trinajstić information content (AvgIpc) is 2.86. The summed E-state index contributed by atoms with van der Waals surface area (Å²) < 4.78 is 0. The molecule has 5 heteroatoms. The highest BCUT2D eigenvalue weighted by atomic mass is 35.5. The molecule has 2 fully saturated rings. The van der Waals surface area contributed by atoms with Crippen LogP contribution in [0.15, 0.2) is 18.3 Å². The number of rotatable bonds is 3. The highest BCUT2D eigenvalue weighted by Crippen LogP contribution is 2.19. The Morgan fingerprint density at radius 3 is 2.60 bits per heavy atom. The molecule has 3 rings (SSSR count). The monoisotopic (exact) mass is 294 g/mol. The van der Waals surface area contributed by atoms with Crippen molar-refractivity contribution < 1.29 is 0 Å². The van der Waals surface area contributed by atoms with Gasteiger partial charge in [0.05, 0.1) is 5.02 Å². The molecule has 0 aromatic carbocycles. The van der Waals surface area contributed by atoms with Crippen LogP contribution in [0, 0.1) is 5.92 Å². The Hall–Kier alpha value is -0.840. The van der Waals surface area contributed by atoms with Gasteiger partial charge < -0.3 is 9.80 Å². The number of hydrogen-bond acceptors (Lipinski definition) is 4. The van der Waals surface area contributed by atoms with Gasteiger partial charge in [-0.05, 0) is 38.1 Å². The molecule has 4 nitrogen and oxygen atoms in total. The van der Waals surface area contributed by atoms with Gasteiger partial charge in [0, 0.05) is 45.5 Å². The Labute approximate surface area is 126 Å². The van der Waals surface area contributed by atoms with E-state index in [1.165, 1.54) is 26.1 Å². The molecule has 0 amide bonds. The molecule has 0 N–H and O–H groups in total. The minimum atomic E-state index is 0.706. The van der Waals surface area contributed by atoms with Crippen LogP contribution >= 0.6 is 11.6 Å². The van der Waals surface area contributed by atoms with E-state index in [1.54, 1.807) is 6.20 Å². The highest BCUT2D eigenvalue weighted by Gasteiger charge is 2.24. The molecule has 0 spiro atoms. The van der Waals surface area contributed by atoms with Crippen LogP contribution in [0.5, 0.6) is 0 Å². The molecule has 2 aliphatic heterocycles. The van der Waals surface area contributed by atoms with Crippen molar-refractivity contribution in [3.05, 3.63) is 23.4 Å². The quantitative estimate of drug-likeness (QED) is 0.848. The maximum Gasteiger partial charge on any atom is 0.128 e. The fraction of sp³-hybridized carbons (Fsp3) is 0.667. The number of pyridine rings is 1. The molecular weight excluding hydrogens is 272 g/mol. The third-order valence-corrected chi connectivity index (χ3v) is 4.64.